The lowest BCUT2D eigenvalue weighted by molar-refractivity contribution is 0.141. The molecule has 2 aliphatic carbocycles. The molecule has 3 unspecified atom stereocenters. The molecule has 3 rings (SSSR count). The molecule has 1 N–H and O–H groups in total. The lowest BCUT2D eigenvalue weighted by atomic mass is 10.0. The van der Waals surface area contributed by atoms with Crippen molar-refractivity contribution in [2.75, 3.05) is 0 Å². The second kappa shape index (κ2) is 4.92. The van der Waals surface area contributed by atoms with Gasteiger partial charge in [0.15, 0.2) is 0 Å². The van der Waals surface area contributed by atoms with Gasteiger partial charge in [-0.05, 0) is 60.8 Å². The fourth-order valence-electron chi connectivity index (χ4n) is 3.61. The molecule has 2 saturated carbocycles. The maximum Gasteiger partial charge on any atom is 0.0834 e. The van der Waals surface area contributed by atoms with Crippen LogP contribution in [0.3, 0.4) is 0 Å². The average molecular weight is 374 g/mol. The SMILES string of the molecule is Cc1cc(Br)c(C(O)C2C3CCCCC32)cc1Br. The van der Waals surface area contributed by atoms with Crippen molar-refractivity contribution >= 4 is 31.9 Å². The van der Waals surface area contributed by atoms with Crippen LogP contribution in [-0.2, 0) is 0 Å². The summed E-state index contributed by atoms with van der Waals surface area (Å²) in [7, 11) is 0. The number of aliphatic hydroxyl groups is 1. The highest BCUT2D eigenvalue weighted by atomic mass is 79.9. The summed E-state index contributed by atoms with van der Waals surface area (Å²) in [4.78, 5) is 0. The Bertz CT molecular complexity index is 460. The van der Waals surface area contributed by atoms with Gasteiger partial charge < -0.3 is 5.11 Å². The Morgan fingerprint density at radius 3 is 2.33 bits per heavy atom. The smallest absolute Gasteiger partial charge is 0.0834 e. The van der Waals surface area contributed by atoms with Crippen LogP contribution in [0.15, 0.2) is 21.1 Å². The molecular formula is C15H18Br2O. The van der Waals surface area contributed by atoms with Crippen LogP contribution in [0.25, 0.3) is 0 Å². The Kier molecular flexibility index (Phi) is 3.59. The van der Waals surface area contributed by atoms with Crippen molar-refractivity contribution in [1.29, 1.82) is 0 Å². The van der Waals surface area contributed by atoms with Crippen molar-refractivity contribution in [3.8, 4) is 0 Å². The predicted octanol–water partition coefficient (Wildman–Crippen LogP) is 4.99. The molecular weight excluding hydrogens is 356 g/mol. The minimum atomic E-state index is -0.302. The number of hydrogen-bond donors (Lipinski definition) is 1. The normalized spacial score (nSPS) is 31.9. The summed E-state index contributed by atoms with van der Waals surface area (Å²) in [5, 5.41) is 10.6. The first-order valence-corrected chi connectivity index (χ1v) is 8.32. The van der Waals surface area contributed by atoms with Crippen LogP contribution < -0.4 is 0 Å². The highest BCUT2D eigenvalue weighted by molar-refractivity contribution is 9.11. The molecule has 0 spiro atoms. The highest BCUT2D eigenvalue weighted by Gasteiger charge is 2.54. The van der Waals surface area contributed by atoms with Crippen molar-refractivity contribution in [2.24, 2.45) is 17.8 Å². The van der Waals surface area contributed by atoms with Gasteiger partial charge in [0.1, 0.15) is 0 Å². The molecule has 2 aliphatic rings. The molecule has 3 atom stereocenters. The van der Waals surface area contributed by atoms with Crippen LogP contribution in [0.4, 0.5) is 0 Å². The van der Waals surface area contributed by atoms with E-state index in [4.69, 9.17) is 0 Å². The zero-order chi connectivity index (χ0) is 12.9. The van der Waals surface area contributed by atoms with E-state index in [9.17, 15) is 5.11 Å². The second-order valence-electron chi connectivity index (χ2n) is 5.76. The molecule has 98 valence electrons. The number of aliphatic hydroxyl groups excluding tert-OH is 1. The second-order valence-corrected chi connectivity index (χ2v) is 7.47. The van der Waals surface area contributed by atoms with Crippen molar-refractivity contribution in [1.82, 2.24) is 0 Å². The van der Waals surface area contributed by atoms with Gasteiger partial charge in [0, 0.05) is 8.95 Å². The van der Waals surface area contributed by atoms with Crippen LogP contribution >= 0.6 is 31.9 Å². The highest BCUT2D eigenvalue weighted by Crippen LogP contribution is 2.60. The van der Waals surface area contributed by atoms with Crippen molar-refractivity contribution in [2.45, 2.75) is 38.7 Å². The van der Waals surface area contributed by atoms with Crippen molar-refractivity contribution in [3.05, 3.63) is 32.2 Å². The third-order valence-electron chi connectivity index (χ3n) is 4.68. The van der Waals surface area contributed by atoms with Gasteiger partial charge in [-0.2, -0.15) is 0 Å². The molecule has 0 amide bonds. The Morgan fingerprint density at radius 1 is 1.11 bits per heavy atom. The molecule has 18 heavy (non-hydrogen) atoms. The summed E-state index contributed by atoms with van der Waals surface area (Å²) >= 11 is 7.16. The van der Waals surface area contributed by atoms with Crippen molar-refractivity contribution < 1.29 is 5.11 Å². The van der Waals surface area contributed by atoms with E-state index in [1.807, 2.05) is 0 Å². The summed E-state index contributed by atoms with van der Waals surface area (Å²) in [6.07, 6.45) is 5.03. The minimum absolute atomic E-state index is 0.302. The molecule has 0 radical (unpaired) electrons. The lowest BCUT2D eigenvalue weighted by Crippen LogP contribution is -2.04. The third kappa shape index (κ3) is 2.19. The molecule has 0 aliphatic heterocycles. The Balaban J connectivity index is 1.85. The number of rotatable bonds is 2. The van der Waals surface area contributed by atoms with Gasteiger partial charge in [-0.3, -0.25) is 0 Å². The van der Waals surface area contributed by atoms with E-state index in [-0.39, 0.29) is 6.10 Å². The fourth-order valence-corrected chi connectivity index (χ4v) is 4.67. The van der Waals surface area contributed by atoms with E-state index in [1.165, 1.54) is 31.2 Å². The minimum Gasteiger partial charge on any atom is -0.388 e. The number of fused-ring (bicyclic) bond motifs is 1. The lowest BCUT2D eigenvalue weighted by Gasteiger charge is -2.14. The topological polar surface area (TPSA) is 20.2 Å². The van der Waals surface area contributed by atoms with Crippen LogP contribution in [0.1, 0.15) is 42.9 Å². The van der Waals surface area contributed by atoms with E-state index < -0.39 is 0 Å². The van der Waals surface area contributed by atoms with Crippen LogP contribution in [0, 0.1) is 24.7 Å². The van der Waals surface area contributed by atoms with Crippen LogP contribution in [-0.4, -0.2) is 5.11 Å². The van der Waals surface area contributed by atoms with Gasteiger partial charge in [0.25, 0.3) is 0 Å². The molecule has 1 aromatic rings. The average Bonchev–Trinajstić information content (AvgIpc) is 3.07. The van der Waals surface area contributed by atoms with Gasteiger partial charge >= 0.3 is 0 Å². The Hall–Kier alpha value is 0.140. The van der Waals surface area contributed by atoms with Crippen molar-refractivity contribution in [3.63, 3.8) is 0 Å². The van der Waals surface area contributed by atoms with E-state index in [1.54, 1.807) is 0 Å². The third-order valence-corrected chi connectivity index (χ3v) is 6.23. The number of aryl methyl sites for hydroxylation is 1. The molecule has 0 aromatic heterocycles. The molecule has 0 bridgehead atoms. The Morgan fingerprint density at radius 2 is 1.72 bits per heavy atom. The summed E-state index contributed by atoms with van der Waals surface area (Å²) in [5.74, 6) is 2.06. The van der Waals surface area contributed by atoms with E-state index >= 15 is 0 Å². The van der Waals surface area contributed by atoms with Gasteiger partial charge in [-0.15, -0.1) is 0 Å². The molecule has 2 fully saturated rings. The fraction of sp³-hybridized carbons (Fsp3) is 0.600. The van der Waals surface area contributed by atoms with Gasteiger partial charge in [-0.1, -0.05) is 44.7 Å². The molecule has 1 nitrogen and oxygen atoms in total. The summed E-state index contributed by atoms with van der Waals surface area (Å²) in [6.45, 7) is 2.07. The zero-order valence-corrected chi connectivity index (χ0v) is 13.7. The van der Waals surface area contributed by atoms with Gasteiger partial charge in [0.2, 0.25) is 0 Å². The predicted molar refractivity (Wildman–Crippen MR) is 80.5 cm³/mol. The maximum atomic E-state index is 10.6. The van der Waals surface area contributed by atoms with Crippen LogP contribution in [0.2, 0.25) is 0 Å². The monoisotopic (exact) mass is 372 g/mol. The molecule has 3 heteroatoms. The van der Waals surface area contributed by atoms with Crippen LogP contribution in [0.5, 0.6) is 0 Å². The largest absolute Gasteiger partial charge is 0.388 e. The van der Waals surface area contributed by atoms with E-state index in [0.717, 1.165) is 26.3 Å². The summed E-state index contributed by atoms with van der Waals surface area (Å²) in [6, 6.07) is 4.17. The molecule has 0 heterocycles. The first-order valence-electron chi connectivity index (χ1n) is 6.73. The van der Waals surface area contributed by atoms with Gasteiger partial charge in [-0.25, -0.2) is 0 Å². The molecule has 1 aromatic carbocycles. The summed E-state index contributed by atoms with van der Waals surface area (Å²) in [5.41, 5.74) is 2.25. The quantitative estimate of drug-likeness (QED) is 0.774. The number of hydrogen-bond acceptors (Lipinski definition) is 1. The molecule has 0 saturated heterocycles. The Labute approximate surface area is 125 Å². The number of halogens is 2. The first kappa shape index (κ1) is 13.1. The first-order chi connectivity index (χ1) is 8.59. The maximum absolute atomic E-state index is 10.6. The standard InChI is InChI=1S/C15H18Br2O/c1-8-6-13(17)11(7-12(8)16)15(18)14-9-4-2-3-5-10(9)14/h6-7,9-10,14-15,18H,2-5H2,1H3. The van der Waals surface area contributed by atoms with E-state index in [0.29, 0.717) is 5.92 Å². The van der Waals surface area contributed by atoms with E-state index in [2.05, 4.69) is 50.9 Å². The zero-order valence-electron chi connectivity index (χ0n) is 10.5. The number of benzene rings is 1. The van der Waals surface area contributed by atoms with Gasteiger partial charge in [0.05, 0.1) is 6.10 Å². The summed E-state index contributed by atoms with van der Waals surface area (Å²) < 4.78 is 2.13.